The first-order valence-corrected chi connectivity index (χ1v) is 8.58. The van der Waals surface area contributed by atoms with Gasteiger partial charge in [-0.25, -0.2) is 8.42 Å². The van der Waals surface area contributed by atoms with Crippen molar-refractivity contribution in [3.05, 3.63) is 41.5 Å². The van der Waals surface area contributed by atoms with E-state index < -0.39 is 10.0 Å². The Hall–Kier alpha value is -1.90. The lowest BCUT2D eigenvalue weighted by Gasteiger charge is -2.07. The third-order valence-corrected chi connectivity index (χ3v) is 5.78. The minimum Gasteiger partial charge on any atom is -0.315 e. The van der Waals surface area contributed by atoms with Crippen molar-refractivity contribution in [2.75, 3.05) is 11.8 Å². The van der Waals surface area contributed by atoms with Gasteiger partial charge in [-0.2, -0.15) is 5.10 Å². The normalized spacial score (nSPS) is 11.9. The Bertz CT molecular complexity index is 854. The highest BCUT2D eigenvalue weighted by Crippen LogP contribution is 2.35. The summed E-state index contributed by atoms with van der Waals surface area (Å²) in [7, 11) is -1.86. The second-order valence-electron chi connectivity index (χ2n) is 4.47. The van der Waals surface area contributed by atoms with Crippen LogP contribution in [0, 0.1) is 0 Å². The number of hydrogen-bond donors (Lipinski definition) is 3. The summed E-state index contributed by atoms with van der Waals surface area (Å²) in [6.07, 6.45) is 2.94. The number of benzene rings is 1. The number of sulfonamides is 1. The fourth-order valence-electron chi connectivity index (χ4n) is 2.16. The molecular formula is C13H14N4O2S2. The zero-order valence-corrected chi connectivity index (χ0v) is 12.9. The van der Waals surface area contributed by atoms with Crippen LogP contribution >= 0.6 is 11.3 Å². The first-order chi connectivity index (χ1) is 10.1. The summed E-state index contributed by atoms with van der Waals surface area (Å²) in [5.74, 6) is 0. The van der Waals surface area contributed by atoms with Crippen LogP contribution in [0.15, 0.2) is 41.6 Å². The molecule has 0 saturated carbocycles. The van der Waals surface area contributed by atoms with Crippen molar-refractivity contribution in [3.8, 4) is 0 Å². The van der Waals surface area contributed by atoms with Gasteiger partial charge in [0, 0.05) is 27.7 Å². The van der Waals surface area contributed by atoms with Crippen LogP contribution in [0.1, 0.15) is 4.88 Å². The molecule has 0 spiro atoms. The van der Waals surface area contributed by atoms with Gasteiger partial charge in [0.05, 0.1) is 11.9 Å². The number of nitrogens with zero attached hydrogens (tertiary/aromatic N) is 1. The SMILES string of the molecule is CNCc1sc2ccccc2c1S(=O)(=O)Nc1cn[nH]c1. The fourth-order valence-corrected chi connectivity index (χ4v) is 5.15. The molecule has 0 bridgehead atoms. The maximum atomic E-state index is 12.7. The van der Waals surface area contributed by atoms with Gasteiger partial charge in [-0.3, -0.25) is 9.82 Å². The van der Waals surface area contributed by atoms with Crippen LogP contribution in [0.5, 0.6) is 0 Å². The molecule has 0 fully saturated rings. The number of nitrogens with one attached hydrogen (secondary N) is 3. The lowest BCUT2D eigenvalue weighted by Crippen LogP contribution is -2.15. The maximum Gasteiger partial charge on any atom is 0.263 e. The van der Waals surface area contributed by atoms with Crippen molar-refractivity contribution in [1.29, 1.82) is 0 Å². The van der Waals surface area contributed by atoms with Crippen molar-refractivity contribution >= 4 is 37.1 Å². The lowest BCUT2D eigenvalue weighted by molar-refractivity contribution is 0.601. The smallest absolute Gasteiger partial charge is 0.263 e. The molecule has 0 aliphatic carbocycles. The van der Waals surface area contributed by atoms with E-state index in [2.05, 4.69) is 20.2 Å². The molecule has 1 aromatic carbocycles. The number of H-pyrrole nitrogens is 1. The summed E-state index contributed by atoms with van der Waals surface area (Å²) in [6.45, 7) is 0.501. The van der Waals surface area contributed by atoms with Gasteiger partial charge in [0.15, 0.2) is 0 Å². The number of hydrogen-bond acceptors (Lipinski definition) is 5. The van der Waals surface area contributed by atoms with E-state index >= 15 is 0 Å². The number of aromatic nitrogens is 2. The average Bonchev–Trinajstić information content (AvgIpc) is 3.05. The van der Waals surface area contributed by atoms with Crippen molar-refractivity contribution in [1.82, 2.24) is 15.5 Å². The Morgan fingerprint density at radius 1 is 1.33 bits per heavy atom. The predicted octanol–water partition coefficient (Wildman–Crippen LogP) is 2.14. The molecule has 3 aromatic rings. The first-order valence-electron chi connectivity index (χ1n) is 6.28. The van der Waals surface area contributed by atoms with Gasteiger partial charge < -0.3 is 5.32 Å². The molecule has 0 amide bonds. The molecule has 21 heavy (non-hydrogen) atoms. The zero-order chi connectivity index (χ0) is 14.9. The molecular weight excluding hydrogens is 308 g/mol. The molecule has 8 heteroatoms. The molecule has 0 aliphatic heterocycles. The minimum atomic E-state index is -3.66. The van der Waals surface area contributed by atoms with Gasteiger partial charge >= 0.3 is 0 Å². The molecule has 110 valence electrons. The molecule has 2 heterocycles. The van der Waals surface area contributed by atoms with Crippen LogP contribution in [-0.2, 0) is 16.6 Å². The van der Waals surface area contributed by atoms with Crippen molar-refractivity contribution in [2.24, 2.45) is 0 Å². The quantitative estimate of drug-likeness (QED) is 0.672. The summed E-state index contributed by atoms with van der Waals surface area (Å²) >= 11 is 1.48. The second-order valence-corrected chi connectivity index (χ2v) is 7.23. The highest BCUT2D eigenvalue weighted by Gasteiger charge is 2.24. The van der Waals surface area contributed by atoms with Crippen molar-refractivity contribution in [2.45, 2.75) is 11.4 Å². The van der Waals surface area contributed by atoms with E-state index in [0.29, 0.717) is 17.1 Å². The van der Waals surface area contributed by atoms with Gasteiger partial charge in [-0.05, 0) is 13.1 Å². The Morgan fingerprint density at radius 2 is 2.14 bits per heavy atom. The van der Waals surface area contributed by atoms with Gasteiger partial charge in [0.1, 0.15) is 4.90 Å². The fraction of sp³-hybridized carbons (Fsp3) is 0.154. The summed E-state index contributed by atoms with van der Waals surface area (Å²) in [5, 5.41) is 10.1. The van der Waals surface area contributed by atoms with Crippen LogP contribution in [0.2, 0.25) is 0 Å². The van der Waals surface area contributed by atoms with Crippen LogP contribution < -0.4 is 10.0 Å². The molecule has 0 unspecified atom stereocenters. The Labute approximate surface area is 126 Å². The molecule has 0 atom stereocenters. The van der Waals surface area contributed by atoms with E-state index in [0.717, 1.165) is 15.0 Å². The zero-order valence-electron chi connectivity index (χ0n) is 11.3. The third kappa shape index (κ3) is 2.65. The average molecular weight is 322 g/mol. The Balaban J connectivity index is 2.15. The highest BCUT2D eigenvalue weighted by molar-refractivity contribution is 7.93. The Morgan fingerprint density at radius 3 is 2.86 bits per heavy atom. The van der Waals surface area contributed by atoms with Crippen molar-refractivity contribution < 1.29 is 8.42 Å². The van der Waals surface area contributed by atoms with Gasteiger partial charge in [-0.15, -0.1) is 11.3 Å². The molecule has 3 rings (SSSR count). The summed E-state index contributed by atoms with van der Waals surface area (Å²) < 4.78 is 28.9. The number of aromatic amines is 1. The topological polar surface area (TPSA) is 86.9 Å². The van der Waals surface area contributed by atoms with E-state index in [4.69, 9.17) is 0 Å². The molecule has 3 N–H and O–H groups in total. The predicted molar refractivity (Wildman–Crippen MR) is 84.0 cm³/mol. The highest BCUT2D eigenvalue weighted by atomic mass is 32.2. The summed E-state index contributed by atoms with van der Waals surface area (Å²) in [5.41, 5.74) is 0.417. The summed E-state index contributed by atoms with van der Waals surface area (Å²) in [4.78, 5) is 1.12. The van der Waals surface area contributed by atoms with E-state index in [1.807, 2.05) is 24.3 Å². The van der Waals surface area contributed by atoms with Gasteiger partial charge in [-0.1, -0.05) is 18.2 Å². The largest absolute Gasteiger partial charge is 0.315 e. The van der Waals surface area contributed by atoms with Crippen LogP contribution in [0.25, 0.3) is 10.1 Å². The molecule has 0 saturated heterocycles. The van der Waals surface area contributed by atoms with Gasteiger partial charge in [0.25, 0.3) is 10.0 Å². The van der Waals surface area contributed by atoms with E-state index in [1.54, 1.807) is 7.05 Å². The summed E-state index contributed by atoms with van der Waals surface area (Å²) in [6, 6.07) is 7.50. The lowest BCUT2D eigenvalue weighted by atomic mass is 10.2. The number of thiophene rings is 1. The number of fused-ring (bicyclic) bond motifs is 1. The number of rotatable bonds is 5. The van der Waals surface area contributed by atoms with E-state index in [9.17, 15) is 8.42 Å². The van der Waals surface area contributed by atoms with E-state index in [1.165, 1.54) is 23.7 Å². The van der Waals surface area contributed by atoms with Crippen LogP contribution in [0.3, 0.4) is 0 Å². The van der Waals surface area contributed by atoms with Crippen LogP contribution in [0.4, 0.5) is 5.69 Å². The number of anilines is 1. The molecule has 0 aliphatic rings. The standard InChI is InChI=1S/C13H14N4O2S2/c1-14-8-12-13(10-4-2-3-5-11(10)20-12)21(18,19)17-9-6-15-16-7-9/h2-7,14,17H,8H2,1H3,(H,15,16). The molecule has 0 radical (unpaired) electrons. The van der Waals surface area contributed by atoms with Crippen molar-refractivity contribution in [3.63, 3.8) is 0 Å². The maximum absolute atomic E-state index is 12.7. The minimum absolute atomic E-state index is 0.332. The first kappa shape index (κ1) is 14.1. The Kier molecular flexibility index (Phi) is 3.66. The van der Waals surface area contributed by atoms with Gasteiger partial charge in [0.2, 0.25) is 0 Å². The molecule has 6 nitrogen and oxygen atoms in total. The van der Waals surface area contributed by atoms with Crippen LogP contribution in [-0.4, -0.2) is 25.7 Å². The third-order valence-electron chi connectivity index (χ3n) is 2.97. The van der Waals surface area contributed by atoms with E-state index in [-0.39, 0.29) is 0 Å². The molecule has 2 aromatic heterocycles. The monoisotopic (exact) mass is 322 g/mol. The second kappa shape index (κ2) is 5.47.